The van der Waals surface area contributed by atoms with Crippen molar-refractivity contribution in [2.75, 3.05) is 0 Å². The first-order valence-corrected chi connectivity index (χ1v) is 6.80. The Bertz CT molecular complexity index is 319. The van der Waals surface area contributed by atoms with Crippen molar-refractivity contribution >= 4 is 0 Å². The van der Waals surface area contributed by atoms with Crippen molar-refractivity contribution in [1.29, 1.82) is 0 Å². The van der Waals surface area contributed by atoms with Crippen LogP contribution < -0.4 is 0 Å². The predicted molar refractivity (Wildman–Crippen MR) is 74.3 cm³/mol. The summed E-state index contributed by atoms with van der Waals surface area (Å²) in [6.07, 6.45) is 3.86. The van der Waals surface area contributed by atoms with Gasteiger partial charge in [-0.1, -0.05) is 56.0 Å². The van der Waals surface area contributed by atoms with Crippen LogP contribution in [0, 0.1) is 19.8 Å². The van der Waals surface area contributed by atoms with E-state index in [0.717, 1.165) is 12.8 Å². The lowest BCUT2D eigenvalue weighted by atomic mass is 9.92. The van der Waals surface area contributed by atoms with Crippen LogP contribution >= 0.6 is 0 Å². The Kier molecular flexibility index (Phi) is 5.70. The maximum Gasteiger partial charge on any atom is 0.0583 e. The Hall–Kier alpha value is -0.820. The molecule has 0 aliphatic heterocycles. The topological polar surface area (TPSA) is 20.2 Å². The molecule has 1 N–H and O–H groups in total. The molecule has 0 aliphatic carbocycles. The quantitative estimate of drug-likeness (QED) is 0.788. The van der Waals surface area contributed by atoms with Crippen LogP contribution in [0.4, 0.5) is 0 Å². The van der Waals surface area contributed by atoms with E-state index in [-0.39, 0.29) is 6.10 Å². The maximum atomic E-state index is 10.1. The number of rotatable bonds is 6. The molecule has 1 atom stereocenters. The maximum absolute atomic E-state index is 10.1. The van der Waals surface area contributed by atoms with Gasteiger partial charge >= 0.3 is 0 Å². The highest BCUT2D eigenvalue weighted by molar-refractivity contribution is 5.28. The molecule has 0 spiro atoms. The van der Waals surface area contributed by atoms with Gasteiger partial charge in [-0.2, -0.15) is 0 Å². The molecule has 1 rings (SSSR count). The normalized spacial score (nSPS) is 13.1. The van der Waals surface area contributed by atoms with Crippen LogP contribution in [0.25, 0.3) is 0 Å². The highest BCUT2D eigenvalue weighted by Gasteiger charge is 2.12. The first-order valence-electron chi connectivity index (χ1n) is 6.80. The highest BCUT2D eigenvalue weighted by Crippen LogP contribution is 2.18. The molecule has 0 saturated heterocycles. The first kappa shape index (κ1) is 14.2. The van der Waals surface area contributed by atoms with Crippen LogP contribution in [-0.2, 0) is 6.42 Å². The second-order valence-electron chi connectivity index (χ2n) is 5.27. The molecule has 0 bridgehead atoms. The van der Waals surface area contributed by atoms with Crippen molar-refractivity contribution < 1.29 is 5.11 Å². The Labute approximate surface area is 106 Å². The Morgan fingerprint density at radius 1 is 1.00 bits per heavy atom. The molecule has 1 unspecified atom stereocenters. The van der Waals surface area contributed by atoms with Gasteiger partial charge in [0.25, 0.3) is 0 Å². The van der Waals surface area contributed by atoms with Crippen LogP contribution in [0.1, 0.15) is 49.8 Å². The van der Waals surface area contributed by atoms with Crippen molar-refractivity contribution in [3.63, 3.8) is 0 Å². The average Bonchev–Trinajstić information content (AvgIpc) is 2.24. The van der Waals surface area contributed by atoms with Crippen LogP contribution in [-0.4, -0.2) is 11.2 Å². The van der Waals surface area contributed by atoms with Crippen molar-refractivity contribution in [3.8, 4) is 0 Å². The molecule has 0 heterocycles. The summed E-state index contributed by atoms with van der Waals surface area (Å²) in [5.74, 6) is 0.663. The fraction of sp³-hybridized carbons (Fsp3) is 0.625. The molecule has 17 heavy (non-hydrogen) atoms. The number of aliphatic hydroxyl groups excluding tert-OH is 1. The van der Waals surface area contributed by atoms with Gasteiger partial charge in [0.15, 0.2) is 0 Å². The molecule has 1 heteroatoms. The molecule has 0 radical (unpaired) electrons. The van der Waals surface area contributed by atoms with E-state index in [9.17, 15) is 5.11 Å². The number of hydrogen-bond donors (Lipinski definition) is 1. The van der Waals surface area contributed by atoms with Gasteiger partial charge in [-0.25, -0.2) is 0 Å². The van der Waals surface area contributed by atoms with Gasteiger partial charge in [0.2, 0.25) is 0 Å². The summed E-state index contributed by atoms with van der Waals surface area (Å²) in [6.45, 7) is 8.64. The summed E-state index contributed by atoms with van der Waals surface area (Å²) >= 11 is 0. The van der Waals surface area contributed by atoms with Crippen LogP contribution in [0.15, 0.2) is 18.2 Å². The highest BCUT2D eigenvalue weighted by atomic mass is 16.3. The van der Waals surface area contributed by atoms with E-state index < -0.39 is 0 Å². The lowest BCUT2D eigenvalue weighted by Crippen LogP contribution is -2.15. The summed E-state index contributed by atoms with van der Waals surface area (Å²) in [7, 11) is 0. The zero-order valence-corrected chi connectivity index (χ0v) is 11.7. The lowest BCUT2D eigenvalue weighted by Gasteiger charge is -2.17. The lowest BCUT2D eigenvalue weighted by molar-refractivity contribution is 0.139. The third-order valence-electron chi connectivity index (χ3n) is 3.51. The Morgan fingerprint density at radius 3 is 2.00 bits per heavy atom. The Balaban J connectivity index is 2.58. The van der Waals surface area contributed by atoms with Crippen LogP contribution in [0.3, 0.4) is 0 Å². The van der Waals surface area contributed by atoms with E-state index in [4.69, 9.17) is 0 Å². The van der Waals surface area contributed by atoms with E-state index in [0.29, 0.717) is 5.92 Å². The minimum atomic E-state index is -0.193. The fourth-order valence-electron chi connectivity index (χ4n) is 2.55. The van der Waals surface area contributed by atoms with E-state index >= 15 is 0 Å². The molecule has 96 valence electrons. The van der Waals surface area contributed by atoms with Gasteiger partial charge in [0.1, 0.15) is 0 Å². The van der Waals surface area contributed by atoms with Gasteiger partial charge < -0.3 is 5.11 Å². The fourth-order valence-corrected chi connectivity index (χ4v) is 2.55. The third-order valence-corrected chi connectivity index (χ3v) is 3.51. The monoisotopic (exact) mass is 234 g/mol. The Morgan fingerprint density at radius 2 is 1.53 bits per heavy atom. The molecule has 0 amide bonds. The van der Waals surface area contributed by atoms with Gasteiger partial charge in [-0.15, -0.1) is 0 Å². The second-order valence-corrected chi connectivity index (χ2v) is 5.27. The van der Waals surface area contributed by atoms with Gasteiger partial charge in [0, 0.05) is 0 Å². The summed E-state index contributed by atoms with van der Waals surface area (Å²) in [5.41, 5.74) is 3.84. The molecule has 0 aromatic heterocycles. The molecule has 0 saturated carbocycles. The van der Waals surface area contributed by atoms with Crippen molar-refractivity contribution in [2.24, 2.45) is 5.92 Å². The number of aryl methyl sites for hydroxylation is 2. The third kappa shape index (κ3) is 4.91. The smallest absolute Gasteiger partial charge is 0.0583 e. The van der Waals surface area contributed by atoms with E-state index in [2.05, 4.69) is 45.9 Å². The summed E-state index contributed by atoms with van der Waals surface area (Å²) in [6, 6.07) is 6.54. The largest absolute Gasteiger partial charge is 0.393 e. The molecular formula is C16H26O. The van der Waals surface area contributed by atoms with E-state index in [1.54, 1.807) is 0 Å². The first-order chi connectivity index (χ1) is 8.05. The molecule has 0 fully saturated rings. The minimum Gasteiger partial charge on any atom is -0.393 e. The predicted octanol–water partition coefficient (Wildman–Crippen LogP) is 4.03. The molecule has 1 aromatic rings. The van der Waals surface area contributed by atoms with Crippen molar-refractivity contribution in [2.45, 2.75) is 59.5 Å². The van der Waals surface area contributed by atoms with E-state index in [1.165, 1.54) is 29.5 Å². The average molecular weight is 234 g/mol. The summed E-state index contributed by atoms with van der Waals surface area (Å²) in [5, 5.41) is 10.1. The van der Waals surface area contributed by atoms with E-state index in [1.807, 2.05) is 0 Å². The second kappa shape index (κ2) is 6.80. The zero-order valence-electron chi connectivity index (χ0n) is 11.7. The van der Waals surface area contributed by atoms with Gasteiger partial charge in [-0.3, -0.25) is 0 Å². The van der Waals surface area contributed by atoms with Crippen LogP contribution in [0.2, 0.25) is 0 Å². The van der Waals surface area contributed by atoms with Crippen molar-refractivity contribution in [3.05, 3.63) is 34.9 Å². The van der Waals surface area contributed by atoms with Crippen LogP contribution in [0.5, 0.6) is 0 Å². The minimum absolute atomic E-state index is 0.193. The summed E-state index contributed by atoms with van der Waals surface area (Å²) in [4.78, 5) is 0. The molecular weight excluding hydrogens is 208 g/mol. The standard InChI is InChI=1S/C16H26O/c1-5-14(6-2)10-16(17)11-15-8-12(3)7-13(4)9-15/h7-9,14,16-17H,5-6,10-11H2,1-4H3. The zero-order chi connectivity index (χ0) is 12.8. The number of hydrogen-bond acceptors (Lipinski definition) is 1. The number of benzene rings is 1. The van der Waals surface area contributed by atoms with Crippen molar-refractivity contribution in [1.82, 2.24) is 0 Å². The SMILES string of the molecule is CCC(CC)CC(O)Cc1cc(C)cc(C)c1. The van der Waals surface area contributed by atoms with Gasteiger partial charge in [-0.05, 0) is 38.2 Å². The number of aliphatic hydroxyl groups is 1. The molecule has 1 aromatic carbocycles. The summed E-state index contributed by atoms with van der Waals surface area (Å²) < 4.78 is 0. The van der Waals surface area contributed by atoms with Gasteiger partial charge in [0.05, 0.1) is 6.10 Å². The molecule has 0 aliphatic rings. The molecule has 1 nitrogen and oxygen atoms in total.